The number of para-hydroxylation sites is 1. The molecule has 0 aliphatic heterocycles. The molecule has 7 heteroatoms. The molecule has 0 fully saturated rings. The summed E-state index contributed by atoms with van der Waals surface area (Å²) in [5.41, 5.74) is 0.716. The Kier molecular flexibility index (Phi) is 3.66. The van der Waals surface area contributed by atoms with Crippen molar-refractivity contribution >= 4 is 9.84 Å². The minimum Gasteiger partial charge on any atom is -0.388 e. The molecule has 2 aromatic rings. The van der Waals surface area contributed by atoms with Crippen LogP contribution in [-0.2, 0) is 21.2 Å². The van der Waals surface area contributed by atoms with E-state index < -0.39 is 14.6 Å². The van der Waals surface area contributed by atoms with Crippen molar-refractivity contribution in [1.29, 1.82) is 0 Å². The van der Waals surface area contributed by atoms with E-state index in [0.717, 1.165) is 6.26 Å². The second-order valence-electron chi connectivity index (χ2n) is 5.05. The fourth-order valence-electron chi connectivity index (χ4n) is 1.82. The first kappa shape index (κ1) is 14.7. The summed E-state index contributed by atoms with van der Waals surface area (Å²) in [7, 11) is -3.39. The quantitative estimate of drug-likeness (QED) is 0.911. The lowest BCUT2D eigenvalue weighted by atomic mass is 10.2. The van der Waals surface area contributed by atoms with Crippen LogP contribution in [0.5, 0.6) is 0 Å². The summed E-state index contributed by atoms with van der Waals surface area (Å²) in [6.07, 6.45) is 1.16. The van der Waals surface area contributed by atoms with Gasteiger partial charge in [-0.3, -0.25) is 4.57 Å². The fraction of sp³-hybridized carbons (Fsp3) is 0.385. The molecule has 20 heavy (non-hydrogen) atoms. The van der Waals surface area contributed by atoms with Gasteiger partial charge in [0.25, 0.3) is 0 Å². The molecular weight excluding hydrogens is 278 g/mol. The second kappa shape index (κ2) is 4.99. The van der Waals surface area contributed by atoms with Gasteiger partial charge in [0.15, 0.2) is 21.5 Å². The third-order valence-corrected chi connectivity index (χ3v) is 5.39. The molecule has 1 heterocycles. The molecule has 1 N–H and O–H groups in total. The SMILES string of the molecule is CC(C)(c1nnc(CO)n1-c1ccccc1)S(C)(=O)=O. The summed E-state index contributed by atoms with van der Waals surface area (Å²) in [6, 6.07) is 9.13. The number of rotatable bonds is 4. The summed E-state index contributed by atoms with van der Waals surface area (Å²) < 4.78 is 24.4. The van der Waals surface area contributed by atoms with Crippen LogP contribution >= 0.6 is 0 Å². The van der Waals surface area contributed by atoms with E-state index >= 15 is 0 Å². The summed E-state index contributed by atoms with van der Waals surface area (Å²) in [4.78, 5) is 0. The Hall–Kier alpha value is -1.73. The second-order valence-corrected chi connectivity index (χ2v) is 7.62. The molecule has 2 rings (SSSR count). The van der Waals surface area contributed by atoms with E-state index in [1.54, 1.807) is 18.4 Å². The lowest BCUT2D eigenvalue weighted by Gasteiger charge is -2.22. The molecule has 1 aromatic carbocycles. The smallest absolute Gasteiger partial charge is 0.163 e. The summed E-state index contributed by atoms with van der Waals surface area (Å²) in [5.74, 6) is 0.596. The average molecular weight is 295 g/mol. The van der Waals surface area contributed by atoms with Gasteiger partial charge in [0.1, 0.15) is 11.4 Å². The Bertz CT molecular complexity index is 706. The van der Waals surface area contributed by atoms with E-state index in [4.69, 9.17) is 0 Å². The third-order valence-electron chi connectivity index (χ3n) is 3.35. The van der Waals surface area contributed by atoms with E-state index in [0.29, 0.717) is 11.5 Å². The third kappa shape index (κ3) is 2.34. The largest absolute Gasteiger partial charge is 0.388 e. The van der Waals surface area contributed by atoms with Gasteiger partial charge in [-0.1, -0.05) is 18.2 Å². The zero-order chi connectivity index (χ0) is 15.0. The highest BCUT2D eigenvalue weighted by atomic mass is 32.2. The molecule has 1 aromatic heterocycles. The van der Waals surface area contributed by atoms with Gasteiger partial charge in [-0.25, -0.2) is 8.42 Å². The normalized spacial score (nSPS) is 12.6. The maximum absolute atomic E-state index is 12.0. The summed E-state index contributed by atoms with van der Waals surface area (Å²) in [5, 5.41) is 17.3. The van der Waals surface area contributed by atoms with Crippen molar-refractivity contribution in [2.24, 2.45) is 0 Å². The molecule has 0 saturated heterocycles. The average Bonchev–Trinajstić information content (AvgIpc) is 2.82. The maximum Gasteiger partial charge on any atom is 0.163 e. The maximum atomic E-state index is 12.0. The van der Waals surface area contributed by atoms with Gasteiger partial charge < -0.3 is 5.11 Å². The highest BCUT2D eigenvalue weighted by Gasteiger charge is 2.38. The van der Waals surface area contributed by atoms with Crippen molar-refractivity contribution < 1.29 is 13.5 Å². The van der Waals surface area contributed by atoms with Crippen LogP contribution < -0.4 is 0 Å². The molecular formula is C13H17N3O3S. The molecule has 0 radical (unpaired) electrons. The molecule has 0 bridgehead atoms. The summed E-state index contributed by atoms with van der Waals surface area (Å²) in [6.45, 7) is 2.83. The standard InChI is InChI=1S/C13H17N3O3S/c1-13(2,20(3,18)19)12-15-14-11(9-17)16(12)10-7-5-4-6-8-10/h4-8,17H,9H2,1-3H3. The number of aliphatic hydroxyl groups excluding tert-OH is 1. The Morgan fingerprint density at radius 2 is 1.80 bits per heavy atom. The van der Waals surface area contributed by atoms with Crippen LogP contribution in [0.2, 0.25) is 0 Å². The summed E-state index contributed by atoms with van der Waals surface area (Å²) >= 11 is 0. The van der Waals surface area contributed by atoms with E-state index in [9.17, 15) is 13.5 Å². The molecule has 0 aliphatic rings. The first-order valence-electron chi connectivity index (χ1n) is 6.09. The minimum atomic E-state index is -3.39. The minimum absolute atomic E-state index is 0.287. The van der Waals surface area contributed by atoms with Crippen LogP contribution in [0, 0.1) is 0 Å². The number of benzene rings is 1. The number of aromatic nitrogens is 3. The van der Waals surface area contributed by atoms with Crippen LogP contribution in [0.15, 0.2) is 30.3 Å². The first-order chi connectivity index (χ1) is 9.29. The van der Waals surface area contributed by atoms with Crippen LogP contribution in [0.1, 0.15) is 25.5 Å². The van der Waals surface area contributed by atoms with Gasteiger partial charge in [0, 0.05) is 11.9 Å². The van der Waals surface area contributed by atoms with Gasteiger partial charge >= 0.3 is 0 Å². The predicted octanol–water partition coefficient (Wildman–Crippen LogP) is 1.04. The lowest BCUT2D eigenvalue weighted by molar-refractivity contribution is 0.268. The van der Waals surface area contributed by atoms with Gasteiger partial charge in [-0.05, 0) is 26.0 Å². The zero-order valence-electron chi connectivity index (χ0n) is 11.6. The topological polar surface area (TPSA) is 85.1 Å². The fourth-order valence-corrected chi connectivity index (χ4v) is 2.29. The highest BCUT2D eigenvalue weighted by molar-refractivity contribution is 7.91. The van der Waals surface area contributed by atoms with Crippen molar-refractivity contribution in [2.75, 3.05) is 6.26 Å². The molecule has 0 spiro atoms. The number of aliphatic hydroxyl groups is 1. The Balaban J connectivity index is 2.72. The van der Waals surface area contributed by atoms with Crippen LogP contribution in [-0.4, -0.2) is 34.5 Å². The van der Waals surface area contributed by atoms with E-state index in [-0.39, 0.29) is 12.4 Å². The number of hydrogen-bond acceptors (Lipinski definition) is 5. The van der Waals surface area contributed by atoms with Crippen molar-refractivity contribution in [3.05, 3.63) is 42.0 Å². The van der Waals surface area contributed by atoms with E-state index in [2.05, 4.69) is 10.2 Å². The van der Waals surface area contributed by atoms with Gasteiger partial charge in [-0.15, -0.1) is 10.2 Å². The Morgan fingerprint density at radius 1 is 1.20 bits per heavy atom. The van der Waals surface area contributed by atoms with Gasteiger partial charge in [-0.2, -0.15) is 0 Å². The van der Waals surface area contributed by atoms with Crippen molar-refractivity contribution in [2.45, 2.75) is 25.2 Å². The predicted molar refractivity (Wildman–Crippen MR) is 75.2 cm³/mol. The van der Waals surface area contributed by atoms with E-state index in [1.165, 1.54) is 0 Å². The monoisotopic (exact) mass is 295 g/mol. The van der Waals surface area contributed by atoms with Crippen LogP contribution in [0.4, 0.5) is 0 Å². The molecule has 6 nitrogen and oxygen atoms in total. The molecule has 108 valence electrons. The zero-order valence-corrected chi connectivity index (χ0v) is 12.4. The Morgan fingerprint density at radius 3 is 2.30 bits per heavy atom. The van der Waals surface area contributed by atoms with Crippen LogP contribution in [0.3, 0.4) is 0 Å². The van der Waals surface area contributed by atoms with Gasteiger partial charge in [0.05, 0.1) is 0 Å². The van der Waals surface area contributed by atoms with Crippen molar-refractivity contribution in [1.82, 2.24) is 14.8 Å². The number of nitrogens with zero attached hydrogens (tertiary/aromatic N) is 3. The lowest BCUT2D eigenvalue weighted by Crippen LogP contribution is -2.31. The molecule has 0 amide bonds. The number of hydrogen-bond donors (Lipinski definition) is 1. The van der Waals surface area contributed by atoms with Crippen molar-refractivity contribution in [3.8, 4) is 5.69 Å². The molecule has 0 aliphatic carbocycles. The van der Waals surface area contributed by atoms with Gasteiger partial charge in [0.2, 0.25) is 0 Å². The first-order valence-corrected chi connectivity index (χ1v) is 7.99. The number of sulfone groups is 1. The highest BCUT2D eigenvalue weighted by Crippen LogP contribution is 2.30. The van der Waals surface area contributed by atoms with Crippen molar-refractivity contribution in [3.63, 3.8) is 0 Å². The molecule has 0 unspecified atom stereocenters. The molecule has 0 atom stereocenters. The Labute approximate surface area is 118 Å². The molecule has 0 saturated carbocycles. The van der Waals surface area contributed by atoms with E-state index in [1.807, 2.05) is 30.3 Å². The van der Waals surface area contributed by atoms with Crippen LogP contribution in [0.25, 0.3) is 5.69 Å².